The number of piperidine rings is 1. The molecule has 0 saturated carbocycles. The molecule has 1 unspecified atom stereocenters. The summed E-state index contributed by atoms with van der Waals surface area (Å²) in [6.07, 6.45) is 0.873. The molecule has 174 valence electrons. The Hall–Kier alpha value is -2.75. The van der Waals surface area contributed by atoms with Gasteiger partial charge in [-0.2, -0.15) is 4.31 Å². The summed E-state index contributed by atoms with van der Waals surface area (Å²) in [6.45, 7) is 0.655. The molecule has 33 heavy (non-hydrogen) atoms. The summed E-state index contributed by atoms with van der Waals surface area (Å²) in [7, 11) is -3.51. The van der Waals surface area contributed by atoms with Crippen molar-refractivity contribution in [3.63, 3.8) is 0 Å². The lowest BCUT2D eigenvalue weighted by Crippen LogP contribution is -2.44. The van der Waals surface area contributed by atoms with Crippen molar-refractivity contribution in [1.82, 2.24) is 9.62 Å². The average molecular weight is 489 g/mol. The second-order valence-corrected chi connectivity index (χ2v) is 10.9. The third-order valence-electron chi connectivity index (χ3n) is 5.67. The topological polar surface area (TPSA) is 75.7 Å². The molecule has 0 aliphatic carbocycles. The number of carbonyl (C=O) groups is 1. The van der Waals surface area contributed by atoms with Crippen LogP contribution >= 0.6 is 11.3 Å². The summed E-state index contributed by atoms with van der Waals surface area (Å²) < 4.78 is 46.8. The van der Waals surface area contributed by atoms with Crippen LogP contribution in [0.25, 0.3) is 0 Å². The number of thiophene rings is 1. The van der Waals surface area contributed by atoms with Crippen molar-refractivity contribution in [3.8, 4) is 5.75 Å². The normalized spacial score (nSPS) is 16.3. The molecule has 0 spiro atoms. The molecule has 4 rings (SSSR count). The molecule has 2 heterocycles. The number of halogens is 1. The summed E-state index contributed by atoms with van der Waals surface area (Å²) >= 11 is 1.19. The van der Waals surface area contributed by atoms with Gasteiger partial charge in [0.15, 0.2) is 11.6 Å². The van der Waals surface area contributed by atoms with Crippen LogP contribution in [-0.2, 0) is 14.8 Å². The van der Waals surface area contributed by atoms with Gasteiger partial charge in [0.2, 0.25) is 5.91 Å². The Morgan fingerprint density at radius 3 is 2.42 bits per heavy atom. The zero-order valence-corrected chi connectivity index (χ0v) is 19.5. The Bertz CT molecular complexity index is 1160. The van der Waals surface area contributed by atoms with E-state index < -0.39 is 21.9 Å². The molecule has 0 bridgehead atoms. The Morgan fingerprint density at radius 1 is 1.06 bits per heavy atom. The zero-order valence-electron chi connectivity index (χ0n) is 17.9. The lowest BCUT2D eigenvalue weighted by Gasteiger charge is -2.31. The Balaban J connectivity index is 1.39. The summed E-state index contributed by atoms with van der Waals surface area (Å²) in [4.78, 5) is 13.0. The molecule has 1 atom stereocenters. The minimum absolute atomic E-state index is 0.0717. The van der Waals surface area contributed by atoms with E-state index >= 15 is 0 Å². The van der Waals surface area contributed by atoms with Crippen LogP contribution in [0.5, 0.6) is 5.75 Å². The molecule has 1 aliphatic rings. The van der Waals surface area contributed by atoms with Crippen molar-refractivity contribution >= 4 is 27.3 Å². The minimum atomic E-state index is -3.51. The van der Waals surface area contributed by atoms with Gasteiger partial charge in [-0.3, -0.25) is 4.79 Å². The molecule has 1 saturated heterocycles. The molecule has 9 heteroatoms. The van der Waals surface area contributed by atoms with Crippen LogP contribution in [0.15, 0.2) is 76.3 Å². The second-order valence-electron chi connectivity index (χ2n) is 7.82. The van der Waals surface area contributed by atoms with Gasteiger partial charge >= 0.3 is 0 Å². The van der Waals surface area contributed by atoms with E-state index in [1.54, 1.807) is 35.7 Å². The number of rotatable bonds is 8. The van der Waals surface area contributed by atoms with Crippen molar-refractivity contribution < 1.29 is 22.3 Å². The lowest BCUT2D eigenvalue weighted by atomic mass is 9.96. The molecule has 1 N–H and O–H groups in total. The lowest BCUT2D eigenvalue weighted by molar-refractivity contribution is -0.127. The number of sulfonamides is 1. The number of benzene rings is 2. The number of nitrogens with one attached hydrogen (secondary N) is 1. The van der Waals surface area contributed by atoms with E-state index in [2.05, 4.69) is 5.32 Å². The van der Waals surface area contributed by atoms with Crippen molar-refractivity contribution in [2.24, 2.45) is 5.92 Å². The van der Waals surface area contributed by atoms with E-state index in [1.165, 1.54) is 21.7 Å². The smallest absolute Gasteiger partial charge is 0.252 e. The maximum absolute atomic E-state index is 14.0. The standard InChI is InChI=1S/C24H25FN2O4S2/c25-20-9-4-5-10-22(20)31-17-21(18-7-2-1-3-8-18)26-24(28)19-12-14-27(15-13-19)33(29,30)23-11-6-16-32-23/h1-11,16,19,21H,12-15,17H2,(H,26,28). The number of carbonyl (C=O) groups excluding carboxylic acids is 1. The highest BCUT2D eigenvalue weighted by atomic mass is 32.2. The Kier molecular flexibility index (Phi) is 7.42. The van der Waals surface area contributed by atoms with Crippen LogP contribution in [-0.4, -0.2) is 38.3 Å². The van der Waals surface area contributed by atoms with Gasteiger partial charge in [0.05, 0.1) is 6.04 Å². The first kappa shape index (κ1) is 23.4. The fourth-order valence-electron chi connectivity index (χ4n) is 3.83. The quantitative estimate of drug-likeness (QED) is 0.515. The molecule has 1 amide bonds. The second kappa shape index (κ2) is 10.5. The molecular formula is C24H25FN2O4S2. The Morgan fingerprint density at radius 2 is 1.76 bits per heavy atom. The van der Waals surface area contributed by atoms with Crippen LogP contribution < -0.4 is 10.1 Å². The predicted molar refractivity (Wildman–Crippen MR) is 125 cm³/mol. The number of ether oxygens (including phenoxy) is 1. The van der Waals surface area contributed by atoms with E-state index in [-0.39, 0.29) is 24.2 Å². The third-order valence-corrected chi connectivity index (χ3v) is 8.95. The monoisotopic (exact) mass is 488 g/mol. The van der Waals surface area contributed by atoms with Gasteiger partial charge in [0.25, 0.3) is 10.0 Å². The van der Waals surface area contributed by atoms with Gasteiger partial charge in [0.1, 0.15) is 10.8 Å². The molecule has 1 aromatic heterocycles. The summed E-state index contributed by atoms with van der Waals surface area (Å²) in [5.41, 5.74) is 0.847. The maximum atomic E-state index is 14.0. The van der Waals surface area contributed by atoms with Gasteiger partial charge in [-0.15, -0.1) is 11.3 Å². The van der Waals surface area contributed by atoms with E-state index in [1.807, 2.05) is 30.3 Å². The highest BCUT2D eigenvalue weighted by Gasteiger charge is 2.33. The number of para-hydroxylation sites is 1. The van der Waals surface area contributed by atoms with Crippen LogP contribution in [0.1, 0.15) is 24.4 Å². The molecule has 0 radical (unpaired) electrons. The highest BCUT2D eigenvalue weighted by Crippen LogP contribution is 2.27. The maximum Gasteiger partial charge on any atom is 0.252 e. The molecule has 1 aliphatic heterocycles. The first-order valence-corrected chi connectivity index (χ1v) is 13.0. The number of amides is 1. The first-order chi connectivity index (χ1) is 15.9. The molecule has 3 aromatic rings. The molecular weight excluding hydrogens is 463 g/mol. The van der Waals surface area contributed by atoms with Gasteiger partial charge in [-0.1, -0.05) is 48.5 Å². The molecule has 6 nitrogen and oxygen atoms in total. The number of hydrogen-bond acceptors (Lipinski definition) is 5. The SMILES string of the molecule is O=C(NC(COc1ccccc1F)c1ccccc1)C1CCN(S(=O)(=O)c2cccs2)CC1. The van der Waals surface area contributed by atoms with Crippen LogP contribution in [0.3, 0.4) is 0 Å². The summed E-state index contributed by atoms with van der Waals surface area (Å²) in [6, 6.07) is 18.4. The van der Waals surface area contributed by atoms with Gasteiger partial charge in [-0.05, 0) is 42.0 Å². The predicted octanol–water partition coefficient (Wildman–Crippen LogP) is 4.22. The van der Waals surface area contributed by atoms with Gasteiger partial charge < -0.3 is 10.1 Å². The minimum Gasteiger partial charge on any atom is -0.488 e. The average Bonchev–Trinajstić information content (AvgIpc) is 3.39. The third kappa shape index (κ3) is 5.61. The largest absolute Gasteiger partial charge is 0.488 e. The molecule has 1 fully saturated rings. The van der Waals surface area contributed by atoms with E-state index in [9.17, 15) is 17.6 Å². The van der Waals surface area contributed by atoms with Gasteiger partial charge in [-0.25, -0.2) is 12.8 Å². The summed E-state index contributed by atoms with van der Waals surface area (Å²) in [5.74, 6) is -0.802. The van der Waals surface area contributed by atoms with E-state index in [0.717, 1.165) is 5.56 Å². The van der Waals surface area contributed by atoms with Crippen molar-refractivity contribution in [2.75, 3.05) is 19.7 Å². The van der Waals surface area contributed by atoms with E-state index in [0.29, 0.717) is 30.1 Å². The van der Waals surface area contributed by atoms with Crippen LogP contribution in [0.4, 0.5) is 4.39 Å². The van der Waals surface area contributed by atoms with Gasteiger partial charge in [0, 0.05) is 19.0 Å². The molecule has 2 aromatic carbocycles. The van der Waals surface area contributed by atoms with Crippen molar-refractivity contribution in [2.45, 2.75) is 23.1 Å². The number of nitrogens with zero attached hydrogens (tertiary/aromatic N) is 1. The van der Waals surface area contributed by atoms with Crippen molar-refractivity contribution in [1.29, 1.82) is 0 Å². The van der Waals surface area contributed by atoms with Crippen molar-refractivity contribution in [3.05, 3.63) is 83.5 Å². The number of hydrogen-bond donors (Lipinski definition) is 1. The highest BCUT2D eigenvalue weighted by molar-refractivity contribution is 7.91. The summed E-state index contributed by atoms with van der Waals surface area (Å²) in [5, 5.41) is 4.76. The Labute approximate surface area is 197 Å². The fourth-order valence-corrected chi connectivity index (χ4v) is 6.44. The van der Waals surface area contributed by atoms with Crippen LogP contribution in [0, 0.1) is 11.7 Å². The first-order valence-electron chi connectivity index (χ1n) is 10.7. The zero-order chi connectivity index (χ0) is 23.3. The van der Waals surface area contributed by atoms with Crippen LogP contribution in [0.2, 0.25) is 0 Å². The van der Waals surface area contributed by atoms with E-state index in [4.69, 9.17) is 4.74 Å². The fraction of sp³-hybridized carbons (Fsp3) is 0.292.